The molecule has 7 nitrogen and oxygen atoms in total. The number of hydrogen-bond acceptors (Lipinski definition) is 4. The van der Waals surface area contributed by atoms with Crippen molar-refractivity contribution in [3.63, 3.8) is 0 Å². The summed E-state index contributed by atoms with van der Waals surface area (Å²) in [6, 6.07) is 14.3. The van der Waals surface area contributed by atoms with Gasteiger partial charge in [0.15, 0.2) is 0 Å². The molecule has 0 aliphatic carbocycles. The predicted molar refractivity (Wildman–Crippen MR) is 118 cm³/mol. The summed E-state index contributed by atoms with van der Waals surface area (Å²) in [5.41, 5.74) is 1.86. The van der Waals surface area contributed by atoms with Gasteiger partial charge >= 0.3 is 0 Å². The van der Waals surface area contributed by atoms with Crippen molar-refractivity contribution >= 4 is 29.1 Å². The number of nitrogens with zero attached hydrogens (tertiary/aromatic N) is 2. The number of piperidine rings is 1. The van der Waals surface area contributed by atoms with Crippen LogP contribution in [-0.2, 0) is 9.59 Å². The lowest BCUT2D eigenvalue weighted by Crippen LogP contribution is -2.35. The van der Waals surface area contributed by atoms with Crippen LogP contribution >= 0.6 is 0 Å². The van der Waals surface area contributed by atoms with Gasteiger partial charge in [0.1, 0.15) is 5.75 Å². The van der Waals surface area contributed by atoms with Gasteiger partial charge in [-0.15, -0.1) is 0 Å². The third kappa shape index (κ3) is 4.71. The Kier molecular flexibility index (Phi) is 6.21. The third-order valence-electron chi connectivity index (χ3n) is 5.88. The molecule has 2 fully saturated rings. The topological polar surface area (TPSA) is 79.0 Å². The van der Waals surface area contributed by atoms with E-state index in [1.54, 1.807) is 42.3 Å². The second-order valence-corrected chi connectivity index (χ2v) is 8.03. The van der Waals surface area contributed by atoms with Crippen molar-refractivity contribution in [1.29, 1.82) is 0 Å². The van der Waals surface area contributed by atoms with Crippen molar-refractivity contribution in [3.8, 4) is 5.75 Å². The summed E-state index contributed by atoms with van der Waals surface area (Å²) in [4.78, 5) is 41.6. The van der Waals surface area contributed by atoms with Crippen LogP contribution in [0.2, 0.25) is 0 Å². The van der Waals surface area contributed by atoms with E-state index in [0.717, 1.165) is 32.4 Å². The Morgan fingerprint density at radius 1 is 1.03 bits per heavy atom. The van der Waals surface area contributed by atoms with E-state index in [1.807, 2.05) is 23.1 Å². The molecule has 4 rings (SSSR count). The monoisotopic (exact) mass is 421 g/mol. The maximum Gasteiger partial charge on any atom is 0.253 e. The second-order valence-electron chi connectivity index (χ2n) is 8.03. The maximum atomic E-state index is 12.8. The molecule has 0 bridgehead atoms. The number of ether oxygens (including phenoxy) is 1. The first kappa shape index (κ1) is 20.9. The second kappa shape index (κ2) is 9.20. The van der Waals surface area contributed by atoms with E-state index in [2.05, 4.69) is 5.32 Å². The fourth-order valence-corrected chi connectivity index (χ4v) is 4.16. The van der Waals surface area contributed by atoms with E-state index >= 15 is 0 Å². The lowest BCUT2D eigenvalue weighted by atomic mass is 10.1. The quantitative estimate of drug-likeness (QED) is 0.803. The summed E-state index contributed by atoms with van der Waals surface area (Å²) >= 11 is 0. The smallest absolute Gasteiger partial charge is 0.253 e. The van der Waals surface area contributed by atoms with Crippen LogP contribution in [0.4, 0.5) is 11.4 Å². The molecule has 0 radical (unpaired) electrons. The molecule has 2 heterocycles. The van der Waals surface area contributed by atoms with E-state index in [-0.39, 0.29) is 24.1 Å². The minimum absolute atomic E-state index is 0.00366. The Morgan fingerprint density at radius 2 is 1.81 bits per heavy atom. The largest absolute Gasteiger partial charge is 0.497 e. The summed E-state index contributed by atoms with van der Waals surface area (Å²) in [6.07, 6.45) is 3.37. The van der Waals surface area contributed by atoms with Crippen molar-refractivity contribution in [2.75, 3.05) is 37.0 Å². The lowest BCUT2D eigenvalue weighted by molar-refractivity contribution is -0.122. The van der Waals surface area contributed by atoms with Gasteiger partial charge in [0.2, 0.25) is 11.8 Å². The molecule has 2 saturated heterocycles. The highest BCUT2D eigenvalue weighted by Gasteiger charge is 2.35. The van der Waals surface area contributed by atoms with E-state index in [9.17, 15) is 14.4 Å². The van der Waals surface area contributed by atoms with Crippen LogP contribution in [0.25, 0.3) is 0 Å². The van der Waals surface area contributed by atoms with Crippen molar-refractivity contribution in [2.24, 2.45) is 5.92 Å². The zero-order valence-corrected chi connectivity index (χ0v) is 17.7. The first-order chi connectivity index (χ1) is 15.0. The number of methoxy groups -OCH3 is 1. The SMILES string of the molecule is COc1cccc(N2CC(C(=O)Nc3cccc(C(=O)N4CCCCC4)c3)CC2=O)c1. The highest BCUT2D eigenvalue weighted by atomic mass is 16.5. The zero-order valence-electron chi connectivity index (χ0n) is 17.7. The van der Waals surface area contributed by atoms with Crippen molar-refractivity contribution in [2.45, 2.75) is 25.7 Å². The van der Waals surface area contributed by atoms with E-state index in [1.165, 1.54) is 0 Å². The Morgan fingerprint density at radius 3 is 2.58 bits per heavy atom. The van der Waals surface area contributed by atoms with Crippen LogP contribution in [-0.4, -0.2) is 49.4 Å². The number of carbonyl (C=O) groups is 3. The molecule has 0 saturated carbocycles. The van der Waals surface area contributed by atoms with Gasteiger partial charge in [0.05, 0.1) is 13.0 Å². The highest BCUT2D eigenvalue weighted by Crippen LogP contribution is 2.28. The van der Waals surface area contributed by atoms with Gasteiger partial charge in [-0.25, -0.2) is 0 Å². The molecular weight excluding hydrogens is 394 g/mol. The van der Waals surface area contributed by atoms with Crippen LogP contribution in [0.15, 0.2) is 48.5 Å². The summed E-state index contributed by atoms with van der Waals surface area (Å²) in [5, 5.41) is 2.88. The molecule has 0 aromatic heterocycles. The summed E-state index contributed by atoms with van der Waals surface area (Å²) in [5.74, 6) is -0.117. The molecule has 1 atom stereocenters. The first-order valence-electron chi connectivity index (χ1n) is 10.7. The van der Waals surface area contributed by atoms with Gasteiger partial charge in [0, 0.05) is 49.1 Å². The maximum absolute atomic E-state index is 12.8. The Balaban J connectivity index is 1.41. The lowest BCUT2D eigenvalue weighted by Gasteiger charge is -2.26. The normalized spacial score (nSPS) is 18.7. The van der Waals surface area contributed by atoms with Gasteiger partial charge in [-0.2, -0.15) is 0 Å². The number of anilines is 2. The third-order valence-corrected chi connectivity index (χ3v) is 5.88. The molecule has 2 aliphatic heterocycles. The molecule has 31 heavy (non-hydrogen) atoms. The number of carbonyl (C=O) groups excluding carboxylic acids is 3. The van der Waals surface area contributed by atoms with E-state index in [0.29, 0.717) is 29.2 Å². The van der Waals surface area contributed by atoms with Crippen molar-refractivity contribution < 1.29 is 19.1 Å². The Hall–Kier alpha value is -3.35. The van der Waals surface area contributed by atoms with Crippen LogP contribution in [0.5, 0.6) is 5.75 Å². The van der Waals surface area contributed by atoms with Gasteiger partial charge in [-0.3, -0.25) is 14.4 Å². The molecule has 0 spiro atoms. The summed E-state index contributed by atoms with van der Waals surface area (Å²) in [7, 11) is 1.57. The van der Waals surface area contributed by atoms with E-state index in [4.69, 9.17) is 4.74 Å². The number of benzene rings is 2. The van der Waals surface area contributed by atoms with Gasteiger partial charge in [-0.05, 0) is 49.6 Å². The minimum Gasteiger partial charge on any atom is -0.497 e. The fraction of sp³-hybridized carbons (Fsp3) is 0.375. The molecule has 1 unspecified atom stereocenters. The average molecular weight is 421 g/mol. The van der Waals surface area contributed by atoms with Crippen LogP contribution in [0, 0.1) is 5.92 Å². The van der Waals surface area contributed by atoms with Gasteiger partial charge < -0.3 is 19.9 Å². The van der Waals surface area contributed by atoms with Gasteiger partial charge in [0.25, 0.3) is 5.91 Å². The summed E-state index contributed by atoms with van der Waals surface area (Å²) in [6.45, 7) is 1.86. The molecule has 2 aromatic rings. The number of amides is 3. The number of rotatable bonds is 5. The van der Waals surface area contributed by atoms with Crippen LogP contribution < -0.4 is 15.0 Å². The fourth-order valence-electron chi connectivity index (χ4n) is 4.16. The average Bonchev–Trinajstić information content (AvgIpc) is 3.21. The Labute approximate surface area is 182 Å². The summed E-state index contributed by atoms with van der Waals surface area (Å²) < 4.78 is 5.23. The van der Waals surface area contributed by atoms with Crippen LogP contribution in [0.3, 0.4) is 0 Å². The molecule has 7 heteroatoms. The van der Waals surface area contributed by atoms with Crippen molar-refractivity contribution in [1.82, 2.24) is 4.90 Å². The molecule has 1 N–H and O–H groups in total. The first-order valence-corrected chi connectivity index (χ1v) is 10.7. The van der Waals surface area contributed by atoms with Crippen molar-refractivity contribution in [3.05, 3.63) is 54.1 Å². The van der Waals surface area contributed by atoms with E-state index < -0.39 is 5.92 Å². The highest BCUT2D eigenvalue weighted by molar-refractivity contribution is 6.04. The molecule has 2 aliphatic rings. The zero-order chi connectivity index (χ0) is 21.8. The standard InChI is InChI=1S/C24H27N3O4/c1-31-21-10-6-9-20(15-21)27-16-18(14-22(27)28)23(29)25-19-8-5-7-17(13-19)24(30)26-11-3-2-4-12-26/h5-10,13,15,18H,2-4,11-12,14,16H2,1H3,(H,25,29). The molecule has 162 valence electrons. The molecule has 2 aromatic carbocycles. The molecular formula is C24H27N3O4. The Bertz CT molecular complexity index is 984. The number of nitrogens with one attached hydrogen (secondary N) is 1. The molecule has 3 amide bonds. The minimum atomic E-state index is -0.458. The van der Waals surface area contributed by atoms with Gasteiger partial charge in [-0.1, -0.05) is 12.1 Å². The number of hydrogen-bond donors (Lipinski definition) is 1. The predicted octanol–water partition coefficient (Wildman–Crippen LogP) is 3.31. The van der Waals surface area contributed by atoms with Crippen LogP contribution in [0.1, 0.15) is 36.0 Å². The number of likely N-dealkylation sites (tertiary alicyclic amines) is 1.